The zero-order chi connectivity index (χ0) is 15.3. The maximum absolute atomic E-state index is 13.0. The maximum atomic E-state index is 13.0. The van der Waals surface area contributed by atoms with Gasteiger partial charge in [-0.15, -0.1) is 12.4 Å². The molecule has 4 rings (SSSR count). The van der Waals surface area contributed by atoms with Crippen LogP contribution in [0.15, 0.2) is 21.5 Å². The summed E-state index contributed by atoms with van der Waals surface area (Å²) in [5.74, 6) is 1.92. The molecule has 2 saturated heterocycles. The fourth-order valence-electron chi connectivity index (χ4n) is 3.39. The summed E-state index contributed by atoms with van der Waals surface area (Å²) in [7, 11) is -3.52. The topological polar surface area (TPSA) is 67.9 Å². The summed E-state index contributed by atoms with van der Waals surface area (Å²) in [6, 6.07) is 3.25. The number of hydrogen-bond donors (Lipinski definition) is 1. The Kier molecular flexibility index (Phi) is 4.81. The van der Waals surface area contributed by atoms with Gasteiger partial charge in [-0.1, -0.05) is 0 Å². The molecule has 3 aliphatic heterocycles. The first kappa shape index (κ1) is 17.3. The van der Waals surface area contributed by atoms with Gasteiger partial charge in [-0.2, -0.15) is 4.31 Å². The minimum Gasteiger partial charge on any atom is -0.486 e. The highest BCUT2D eigenvalue weighted by atomic mass is 79.9. The monoisotopic (exact) mass is 424 g/mol. The number of benzene rings is 1. The van der Waals surface area contributed by atoms with Crippen LogP contribution in [0.1, 0.15) is 0 Å². The van der Waals surface area contributed by atoms with Crippen molar-refractivity contribution in [3.8, 4) is 11.5 Å². The lowest BCUT2D eigenvalue weighted by Gasteiger charge is -2.22. The second kappa shape index (κ2) is 6.40. The standard InChI is InChI=1S/C14H17BrN2O4S.ClH/c15-11-3-12-13(21-2-1-20-12)4-14(11)22(18,19)17-7-9-5-16-6-10(9)8-17;/h3-4,9-10,16H,1-2,5-8H2;1H/t9-,10+;. The molecule has 23 heavy (non-hydrogen) atoms. The molecule has 0 bridgehead atoms. The van der Waals surface area contributed by atoms with Crippen molar-refractivity contribution in [3.05, 3.63) is 16.6 Å². The summed E-state index contributed by atoms with van der Waals surface area (Å²) in [4.78, 5) is 0.254. The van der Waals surface area contributed by atoms with Crippen LogP contribution in [-0.4, -0.2) is 52.1 Å². The molecule has 1 aromatic rings. The molecule has 0 saturated carbocycles. The summed E-state index contributed by atoms with van der Waals surface area (Å²) in [5.41, 5.74) is 0. The van der Waals surface area contributed by atoms with Gasteiger partial charge in [0.25, 0.3) is 0 Å². The third kappa shape index (κ3) is 2.95. The SMILES string of the molecule is Cl.O=S(=O)(c1cc2c(cc1Br)OCCO2)N1C[C@H]2CNC[C@H]2C1. The van der Waals surface area contributed by atoms with Gasteiger partial charge < -0.3 is 14.8 Å². The minimum absolute atomic E-state index is 0. The van der Waals surface area contributed by atoms with E-state index in [2.05, 4.69) is 21.2 Å². The van der Waals surface area contributed by atoms with Crippen LogP contribution >= 0.6 is 28.3 Å². The van der Waals surface area contributed by atoms with Gasteiger partial charge in [-0.3, -0.25) is 0 Å². The quantitative estimate of drug-likeness (QED) is 0.777. The first-order valence-electron chi connectivity index (χ1n) is 7.36. The smallest absolute Gasteiger partial charge is 0.244 e. The Balaban J connectivity index is 0.00000156. The zero-order valence-electron chi connectivity index (χ0n) is 12.3. The molecule has 2 fully saturated rings. The normalized spacial score (nSPS) is 26.7. The second-order valence-corrected chi connectivity index (χ2v) is 8.69. The van der Waals surface area contributed by atoms with Crippen molar-refractivity contribution in [2.45, 2.75) is 4.90 Å². The molecule has 1 aromatic carbocycles. The summed E-state index contributed by atoms with van der Waals surface area (Å²) < 4.78 is 39.0. The summed E-state index contributed by atoms with van der Waals surface area (Å²) in [6.07, 6.45) is 0. The number of nitrogens with one attached hydrogen (secondary N) is 1. The van der Waals surface area contributed by atoms with Crippen LogP contribution in [-0.2, 0) is 10.0 Å². The van der Waals surface area contributed by atoms with E-state index in [4.69, 9.17) is 9.47 Å². The Bertz CT molecular complexity index is 703. The predicted octanol–water partition coefficient (Wildman–Crippen LogP) is 1.48. The first-order chi connectivity index (χ1) is 10.6. The molecule has 128 valence electrons. The molecule has 3 heterocycles. The lowest BCUT2D eigenvalue weighted by molar-refractivity contribution is 0.171. The van der Waals surface area contributed by atoms with E-state index in [-0.39, 0.29) is 17.3 Å². The number of rotatable bonds is 2. The van der Waals surface area contributed by atoms with Crippen LogP contribution < -0.4 is 14.8 Å². The number of halogens is 2. The van der Waals surface area contributed by atoms with E-state index in [0.29, 0.717) is 54.1 Å². The molecule has 0 amide bonds. The maximum Gasteiger partial charge on any atom is 0.244 e. The van der Waals surface area contributed by atoms with Gasteiger partial charge in [0.1, 0.15) is 18.1 Å². The van der Waals surface area contributed by atoms with Crippen molar-refractivity contribution in [2.75, 3.05) is 39.4 Å². The molecule has 0 spiro atoms. The van der Waals surface area contributed by atoms with E-state index in [1.54, 1.807) is 16.4 Å². The molecule has 2 atom stereocenters. The number of hydrogen-bond acceptors (Lipinski definition) is 5. The molecule has 9 heteroatoms. The largest absolute Gasteiger partial charge is 0.486 e. The lowest BCUT2D eigenvalue weighted by Crippen LogP contribution is -2.32. The summed E-state index contributed by atoms with van der Waals surface area (Å²) in [5, 5.41) is 3.32. The third-order valence-corrected chi connectivity index (χ3v) is 7.36. The van der Waals surface area contributed by atoms with Crippen molar-refractivity contribution in [1.82, 2.24) is 9.62 Å². The molecule has 0 radical (unpaired) electrons. The molecule has 0 unspecified atom stereocenters. The van der Waals surface area contributed by atoms with E-state index in [1.807, 2.05) is 0 Å². The van der Waals surface area contributed by atoms with Crippen molar-refractivity contribution in [2.24, 2.45) is 11.8 Å². The lowest BCUT2D eigenvalue weighted by atomic mass is 10.0. The third-order valence-electron chi connectivity index (χ3n) is 4.57. The van der Waals surface area contributed by atoms with Crippen LogP contribution in [0.4, 0.5) is 0 Å². The van der Waals surface area contributed by atoms with Crippen LogP contribution in [0.2, 0.25) is 0 Å². The highest BCUT2D eigenvalue weighted by Gasteiger charge is 2.42. The van der Waals surface area contributed by atoms with Gasteiger partial charge in [-0.25, -0.2) is 8.42 Å². The summed E-state index contributed by atoms with van der Waals surface area (Å²) in [6.45, 7) is 3.89. The predicted molar refractivity (Wildman–Crippen MR) is 91.0 cm³/mol. The second-order valence-electron chi connectivity index (χ2n) is 5.93. The number of nitrogens with zero attached hydrogens (tertiary/aromatic N) is 1. The number of fused-ring (bicyclic) bond motifs is 2. The zero-order valence-corrected chi connectivity index (χ0v) is 15.5. The molecular formula is C14H18BrClN2O4S. The number of sulfonamides is 1. The first-order valence-corrected chi connectivity index (χ1v) is 9.59. The van der Waals surface area contributed by atoms with Gasteiger partial charge >= 0.3 is 0 Å². The fraction of sp³-hybridized carbons (Fsp3) is 0.571. The Labute approximate surface area is 150 Å². The average Bonchev–Trinajstić information content (AvgIpc) is 3.07. The van der Waals surface area contributed by atoms with Crippen molar-refractivity contribution in [3.63, 3.8) is 0 Å². The Hall–Kier alpha value is -0.540. The number of ether oxygens (including phenoxy) is 2. The van der Waals surface area contributed by atoms with Gasteiger partial charge in [0, 0.05) is 23.6 Å². The van der Waals surface area contributed by atoms with Gasteiger partial charge in [-0.05, 0) is 46.9 Å². The summed E-state index contributed by atoms with van der Waals surface area (Å²) >= 11 is 3.37. The molecular weight excluding hydrogens is 408 g/mol. The minimum atomic E-state index is -3.52. The van der Waals surface area contributed by atoms with Crippen molar-refractivity contribution >= 4 is 38.4 Å². The molecule has 3 aliphatic rings. The van der Waals surface area contributed by atoms with E-state index in [1.165, 1.54) is 0 Å². The van der Waals surface area contributed by atoms with Crippen LogP contribution in [0.3, 0.4) is 0 Å². The highest BCUT2D eigenvalue weighted by Crippen LogP contribution is 2.40. The van der Waals surface area contributed by atoms with Crippen molar-refractivity contribution < 1.29 is 17.9 Å². The van der Waals surface area contributed by atoms with E-state index in [9.17, 15) is 8.42 Å². The average molecular weight is 426 g/mol. The van der Waals surface area contributed by atoms with Gasteiger partial charge in [0.05, 0.1) is 0 Å². The van der Waals surface area contributed by atoms with Gasteiger partial charge in [0.15, 0.2) is 11.5 Å². The Morgan fingerprint density at radius 3 is 2.26 bits per heavy atom. The molecule has 0 aliphatic carbocycles. The van der Waals surface area contributed by atoms with Crippen LogP contribution in [0.5, 0.6) is 11.5 Å². The Morgan fingerprint density at radius 2 is 1.65 bits per heavy atom. The van der Waals surface area contributed by atoms with E-state index in [0.717, 1.165) is 13.1 Å². The molecule has 6 nitrogen and oxygen atoms in total. The Morgan fingerprint density at radius 1 is 1.09 bits per heavy atom. The molecule has 0 aromatic heterocycles. The molecule has 1 N–H and O–H groups in total. The fourth-order valence-corrected chi connectivity index (χ4v) is 5.94. The highest BCUT2D eigenvalue weighted by molar-refractivity contribution is 9.10. The van der Waals surface area contributed by atoms with Crippen LogP contribution in [0.25, 0.3) is 0 Å². The van der Waals surface area contributed by atoms with Gasteiger partial charge in [0.2, 0.25) is 10.0 Å². The van der Waals surface area contributed by atoms with Crippen molar-refractivity contribution in [1.29, 1.82) is 0 Å². The van der Waals surface area contributed by atoms with E-state index < -0.39 is 10.0 Å². The van der Waals surface area contributed by atoms with E-state index >= 15 is 0 Å². The van der Waals surface area contributed by atoms with Crippen LogP contribution in [0, 0.1) is 11.8 Å².